The smallest absolute Gasteiger partial charge is 0.142 e. The van der Waals surface area contributed by atoms with E-state index in [9.17, 15) is 0 Å². The SMILES string of the molecule is CCOc1cc(C/C(Cl)=C\c2cc(OC)ccc2OC)ccc1N. The number of allylic oxidation sites excluding steroid dienone is 1. The second-order valence-electron chi connectivity index (χ2n) is 5.18. The highest BCUT2D eigenvalue weighted by molar-refractivity contribution is 6.31. The van der Waals surface area contributed by atoms with Crippen LogP contribution in [0, 0.1) is 0 Å². The molecular weight excluding hydrogens is 326 g/mol. The Balaban J connectivity index is 2.24. The van der Waals surface area contributed by atoms with Gasteiger partial charge >= 0.3 is 0 Å². The molecular formula is C19H22ClNO3. The van der Waals surface area contributed by atoms with Crippen molar-refractivity contribution in [2.75, 3.05) is 26.6 Å². The van der Waals surface area contributed by atoms with E-state index in [0.29, 0.717) is 29.5 Å². The molecule has 2 aromatic carbocycles. The molecule has 5 heteroatoms. The molecule has 0 atom stereocenters. The van der Waals surface area contributed by atoms with E-state index in [4.69, 9.17) is 31.5 Å². The van der Waals surface area contributed by atoms with Gasteiger partial charge in [0, 0.05) is 17.0 Å². The monoisotopic (exact) mass is 347 g/mol. The fraction of sp³-hybridized carbons (Fsp3) is 0.263. The first-order valence-corrected chi connectivity index (χ1v) is 8.04. The highest BCUT2D eigenvalue weighted by atomic mass is 35.5. The summed E-state index contributed by atoms with van der Waals surface area (Å²) in [6, 6.07) is 11.3. The number of nitrogens with two attached hydrogens (primary N) is 1. The van der Waals surface area contributed by atoms with E-state index in [1.54, 1.807) is 14.2 Å². The number of hydrogen-bond donors (Lipinski definition) is 1. The molecule has 0 unspecified atom stereocenters. The molecule has 4 nitrogen and oxygen atoms in total. The highest BCUT2D eigenvalue weighted by Crippen LogP contribution is 2.29. The minimum absolute atomic E-state index is 0.568. The van der Waals surface area contributed by atoms with Crippen LogP contribution >= 0.6 is 11.6 Å². The second-order valence-corrected chi connectivity index (χ2v) is 5.67. The zero-order chi connectivity index (χ0) is 17.5. The first kappa shape index (κ1) is 18.0. The molecule has 2 N–H and O–H groups in total. The van der Waals surface area contributed by atoms with Crippen molar-refractivity contribution in [2.45, 2.75) is 13.3 Å². The van der Waals surface area contributed by atoms with Crippen molar-refractivity contribution in [3.63, 3.8) is 0 Å². The predicted molar refractivity (Wildman–Crippen MR) is 99.1 cm³/mol. The van der Waals surface area contributed by atoms with Crippen LogP contribution < -0.4 is 19.9 Å². The minimum Gasteiger partial charge on any atom is -0.497 e. The van der Waals surface area contributed by atoms with Crippen LogP contribution in [-0.2, 0) is 6.42 Å². The first-order valence-electron chi connectivity index (χ1n) is 7.66. The molecule has 2 rings (SSSR count). The molecule has 0 fully saturated rings. The van der Waals surface area contributed by atoms with Crippen molar-refractivity contribution in [1.82, 2.24) is 0 Å². The van der Waals surface area contributed by atoms with Gasteiger partial charge in [-0.1, -0.05) is 17.7 Å². The van der Waals surface area contributed by atoms with Crippen LogP contribution in [0.5, 0.6) is 17.2 Å². The van der Waals surface area contributed by atoms with Crippen molar-refractivity contribution < 1.29 is 14.2 Å². The van der Waals surface area contributed by atoms with Gasteiger partial charge in [-0.05, 0) is 48.9 Å². The van der Waals surface area contributed by atoms with Gasteiger partial charge in [0.2, 0.25) is 0 Å². The number of benzene rings is 2. The molecule has 2 aromatic rings. The summed E-state index contributed by atoms with van der Waals surface area (Å²) in [5.74, 6) is 2.16. The molecule has 0 saturated heterocycles. The molecule has 0 aliphatic carbocycles. The lowest BCUT2D eigenvalue weighted by Gasteiger charge is -2.10. The highest BCUT2D eigenvalue weighted by Gasteiger charge is 2.07. The summed E-state index contributed by atoms with van der Waals surface area (Å²) in [7, 11) is 3.25. The zero-order valence-electron chi connectivity index (χ0n) is 14.1. The number of rotatable bonds is 7. The second kappa shape index (κ2) is 8.50. The van der Waals surface area contributed by atoms with Crippen LogP contribution in [-0.4, -0.2) is 20.8 Å². The lowest BCUT2D eigenvalue weighted by Crippen LogP contribution is -1.98. The normalized spacial score (nSPS) is 11.2. The Kier molecular flexibility index (Phi) is 6.38. The maximum absolute atomic E-state index is 6.44. The molecule has 0 aromatic heterocycles. The van der Waals surface area contributed by atoms with Crippen LogP contribution in [0.15, 0.2) is 41.4 Å². The van der Waals surface area contributed by atoms with Crippen LogP contribution in [0.1, 0.15) is 18.1 Å². The Bertz CT molecular complexity index is 729. The van der Waals surface area contributed by atoms with E-state index in [2.05, 4.69) is 0 Å². The number of halogens is 1. The molecule has 0 aliphatic rings. The lowest BCUT2D eigenvalue weighted by atomic mass is 10.1. The van der Waals surface area contributed by atoms with E-state index in [1.807, 2.05) is 49.4 Å². The third-order valence-electron chi connectivity index (χ3n) is 3.50. The van der Waals surface area contributed by atoms with Crippen molar-refractivity contribution in [3.8, 4) is 17.2 Å². The minimum atomic E-state index is 0.568. The molecule has 0 heterocycles. The van der Waals surface area contributed by atoms with Gasteiger partial charge in [0.15, 0.2) is 0 Å². The largest absolute Gasteiger partial charge is 0.497 e. The Morgan fingerprint density at radius 3 is 2.54 bits per heavy atom. The molecule has 0 radical (unpaired) electrons. The third-order valence-corrected chi connectivity index (χ3v) is 3.74. The maximum atomic E-state index is 6.44. The summed E-state index contributed by atoms with van der Waals surface area (Å²) in [6.07, 6.45) is 2.45. The lowest BCUT2D eigenvalue weighted by molar-refractivity contribution is 0.342. The number of methoxy groups -OCH3 is 2. The van der Waals surface area contributed by atoms with Crippen molar-refractivity contribution in [2.24, 2.45) is 0 Å². The third kappa shape index (κ3) is 4.59. The van der Waals surface area contributed by atoms with Gasteiger partial charge in [-0.3, -0.25) is 0 Å². The molecule has 0 bridgehead atoms. The fourth-order valence-electron chi connectivity index (χ4n) is 2.34. The molecule has 0 spiro atoms. The molecule has 0 amide bonds. The van der Waals surface area contributed by atoms with E-state index in [0.717, 1.165) is 22.6 Å². The van der Waals surface area contributed by atoms with Crippen LogP contribution in [0.2, 0.25) is 0 Å². The van der Waals surface area contributed by atoms with E-state index in [-0.39, 0.29) is 0 Å². The fourth-order valence-corrected chi connectivity index (χ4v) is 2.61. The molecule has 0 saturated carbocycles. The Hall–Kier alpha value is -2.33. The predicted octanol–water partition coefficient (Wildman–Crippen LogP) is 4.51. The molecule has 128 valence electrons. The molecule has 0 aliphatic heterocycles. The van der Waals surface area contributed by atoms with Gasteiger partial charge in [-0.25, -0.2) is 0 Å². The summed E-state index contributed by atoms with van der Waals surface area (Å²) in [6.45, 7) is 2.49. The van der Waals surface area contributed by atoms with E-state index >= 15 is 0 Å². The van der Waals surface area contributed by atoms with Gasteiger partial charge < -0.3 is 19.9 Å². The summed E-state index contributed by atoms with van der Waals surface area (Å²) in [4.78, 5) is 0. The summed E-state index contributed by atoms with van der Waals surface area (Å²) in [5, 5.41) is 0.675. The summed E-state index contributed by atoms with van der Waals surface area (Å²) in [5.41, 5.74) is 8.40. The van der Waals surface area contributed by atoms with Gasteiger partial charge in [0.05, 0.1) is 26.5 Å². The average molecular weight is 348 g/mol. The Labute approximate surface area is 147 Å². The summed E-state index contributed by atoms with van der Waals surface area (Å²) >= 11 is 6.44. The Morgan fingerprint density at radius 2 is 1.88 bits per heavy atom. The van der Waals surface area contributed by atoms with Gasteiger partial charge in [-0.15, -0.1) is 0 Å². The van der Waals surface area contributed by atoms with E-state index < -0.39 is 0 Å². The van der Waals surface area contributed by atoms with E-state index in [1.165, 1.54) is 0 Å². The quantitative estimate of drug-likeness (QED) is 0.749. The van der Waals surface area contributed by atoms with Crippen LogP contribution in [0.25, 0.3) is 6.08 Å². The maximum Gasteiger partial charge on any atom is 0.142 e. The summed E-state index contributed by atoms with van der Waals surface area (Å²) < 4.78 is 16.1. The number of anilines is 1. The first-order chi connectivity index (χ1) is 11.6. The van der Waals surface area contributed by atoms with Crippen molar-refractivity contribution in [3.05, 3.63) is 52.6 Å². The average Bonchev–Trinajstić information content (AvgIpc) is 2.58. The topological polar surface area (TPSA) is 53.7 Å². The zero-order valence-corrected chi connectivity index (χ0v) is 14.9. The standard InChI is InChI=1S/C19H22ClNO3/c1-4-24-19-10-13(5-7-17(19)21)9-15(20)11-14-12-16(22-2)6-8-18(14)23-3/h5-8,10-12H,4,9,21H2,1-3H3/b15-11+. The van der Waals surface area contributed by atoms with Gasteiger partial charge in [0.1, 0.15) is 17.2 Å². The molecule has 24 heavy (non-hydrogen) atoms. The van der Waals surface area contributed by atoms with Crippen LogP contribution in [0.4, 0.5) is 5.69 Å². The number of ether oxygens (including phenoxy) is 3. The number of nitrogen functional groups attached to an aromatic ring is 1. The van der Waals surface area contributed by atoms with Crippen molar-refractivity contribution >= 4 is 23.4 Å². The van der Waals surface area contributed by atoms with Crippen LogP contribution in [0.3, 0.4) is 0 Å². The van der Waals surface area contributed by atoms with Gasteiger partial charge in [0.25, 0.3) is 0 Å². The Morgan fingerprint density at radius 1 is 1.08 bits per heavy atom. The van der Waals surface area contributed by atoms with Gasteiger partial charge in [-0.2, -0.15) is 0 Å². The van der Waals surface area contributed by atoms with Crippen molar-refractivity contribution in [1.29, 1.82) is 0 Å². The number of hydrogen-bond acceptors (Lipinski definition) is 4.